The van der Waals surface area contributed by atoms with Gasteiger partial charge in [0.2, 0.25) is 0 Å². The zero-order valence-corrected chi connectivity index (χ0v) is 18.8. The molecule has 0 spiro atoms. The van der Waals surface area contributed by atoms with Gasteiger partial charge in [-0.2, -0.15) is 0 Å². The molecule has 0 aromatic heterocycles. The maximum Gasteiger partial charge on any atom is 0.141 e. The van der Waals surface area contributed by atoms with Crippen LogP contribution in [0.5, 0.6) is 0 Å². The van der Waals surface area contributed by atoms with Crippen LogP contribution in [0.4, 0.5) is 0 Å². The van der Waals surface area contributed by atoms with Crippen LogP contribution in [0, 0.1) is 0 Å². The van der Waals surface area contributed by atoms with Gasteiger partial charge in [0.05, 0.1) is 0 Å². The fraction of sp³-hybridized carbons (Fsp3) is 0.161. The molecule has 0 heterocycles. The van der Waals surface area contributed by atoms with Crippen LogP contribution in [0.2, 0.25) is 0 Å². The number of allylic oxidation sites excluding steroid dienone is 4. The lowest BCUT2D eigenvalue weighted by molar-refractivity contribution is 0.126. The lowest BCUT2D eigenvalue weighted by Gasteiger charge is -2.35. The van der Waals surface area contributed by atoms with Crippen LogP contribution in [0.15, 0.2) is 120 Å². The van der Waals surface area contributed by atoms with Gasteiger partial charge in [-0.15, -0.1) is 0 Å². The summed E-state index contributed by atoms with van der Waals surface area (Å²) in [6, 6.07) is 33.0. The summed E-state index contributed by atoms with van der Waals surface area (Å²) in [5.74, 6) is 0.161. The van der Waals surface area contributed by atoms with Crippen LogP contribution in [0.1, 0.15) is 48.9 Å². The van der Waals surface area contributed by atoms with E-state index in [1.54, 1.807) is 0 Å². The number of benzene rings is 4. The van der Waals surface area contributed by atoms with Gasteiger partial charge >= 0.3 is 0 Å². The summed E-state index contributed by atoms with van der Waals surface area (Å²) < 4.78 is 0. The van der Waals surface area contributed by atoms with Crippen molar-refractivity contribution in [2.75, 3.05) is 0 Å². The Hall–Kier alpha value is -3.42. The average Bonchev–Trinajstić information content (AvgIpc) is 3.09. The summed E-state index contributed by atoms with van der Waals surface area (Å²) in [7, 11) is 0. The molecule has 1 nitrogen and oxygen atoms in total. The van der Waals surface area contributed by atoms with Crippen molar-refractivity contribution < 1.29 is 5.11 Å². The van der Waals surface area contributed by atoms with E-state index in [0.717, 1.165) is 27.5 Å². The molecule has 1 unspecified atom stereocenters. The SMILES string of the molecule is CC1=CC(C)=C(C)C1c1ccc2ccccc2c1C(O)(c1ccccc1)c1ccccc1. The second kappa shape index (κ2) is 7.93. The highest BCUT2D eigenvalue weighted by Gasteiger charge is 2.39. The summed E-state index contributed by atoms with van der Waals surface area (Å²) in [4.78, 5) is 0. The molecule has 0 fully saturated rings. The Morgan fingerprint density at radius 3 is 1.78 bits per heavy atom. The zero-order chi connectivity index (χ0) is 22.3. The quantitative estimate of drug-likeness (QED) is 0.341. The third-order valence-corrected chi connectivity index (χ3v) is 6.97. The van der Waals surface area contributed by atoms with Crippen LogP contribution in [0.25, 0.3) is 10.8 Å². The van der Waals surface area contributed by atoms with Crippen LogP contribution in [0.3, 0.4) is 0 Å². The van der Waals surface area contributed by atoms with E-state index in [1.807, 2.05) is 60.7 Å². The van der Waals surface area contributed by atoms with Gasteiger partial charge in [-0.05, 0) is 48.2 Å². The molecule has 1 heteroatoms. The van der Waals surface area contributed by atoms with E-state index in [2.05, 4.69) is 63.2 Å². The third-order valence-electron chi connectivity index (χ3n) is 6.97. The van der Waals surface area contributed by atoms with E-state index in [1.165, 1.54) is 22.3 Å². The molecule has 1 atom stereocenters. The fourth-order valence-electron chi connectivity index (χ4n) is 5.33. The first-order chi connectivity index (χ1) is 15.5. The van der Waals surface area contributed by atoms with Crippen LogP contribution in [-0.4, -0.2) is 5.11 Å². The normalized spacial score (nSPS) is 16.5. The van der Waals surface area contributed by atoms with Gasteiger partial charge in [0.15, 0.2) is 0 Å². The van der Waals surface area contributed by atoms with Crippen molar-refractivity contribution in [3.8, 4) is 0 Å². The standard InChI is InChI=1S/C31H28O/c1-21-20-22(2)29(23(21)3)28-19-18-24-12-10-11-17-27(24)30(28)31(32,25-13-6-4-7-14-25)26-15-8-5-9-16-26/h4-20,29,32H,1-3H3. The maximum atomic E-state index is 12.8. The Kier molecular flexibility index (Phi) is 5.07. The molecular formula is C31H28O. The van der Waals surface area contributed by atoms with Crippen molar-refractivity contribution >= 4 is 10.8 Å². The van der Waals surface area contributed by atoms with Crippen LogP contribution < -0.4 is 0 Å². The lowest BCUT2D eigenvalue weighted by atomic mass is 9.72. The molecule has 1 aliphatic carbocycles. The van der Waals surface area contributed by atoms with Gasteiger partial charge in [-0.3, -0.25) is 0 Å². The molecule has 0 amide bonds. The average molecular weight is 417 g/mol. The topological polar surface area (TPSA) is 20.2 Å². The van der Waals surface area contributed by atoms with E-state index in [0.29, 0.717) is 0 Å². The van der Waals surface area contributed by atoms with Crippen molar-refractivity contribution in [1.82, 2.24) is 0 Å². The van der Waals surface area contributed by atoms with E-state index in [4.69, 9.17) is 0 Å². The molecule has 1 aliphatic rings. The van der Waals surface area contributed by atoms with Crippen molar-refractivity contribution in [3.05, 3.63) is 142 Å². The summed E-state index contributed by atoms with van der Waals surface area (Å²) in [5, 5.41) is 15.0. The second-order valence-electron chi connectivity index (χ2n) is 8.88. The van der Waals surface area contributed by atoms with Gasteiger partial charge in [0.25, 0.3) is 0 Å². The molecule has 1 N–H and O–H groups in total. The number of rotatable bonds is 4. The minimum atomic E-state index is -1.28. The largest absolute Gasteiger partial charge is 0.376 e. The monoisotopic (exact) mass is 416 g/mol. The van der Waals surface area contributed by atoms with Gasteiger partial charge in [-0.25, -0.2) is 0 Å². The predicted molar refractivity (Wildman–Crippen MR) is 134 cm³/mol. The molecule has 0 bridgehead atoms. The highest BCUT2D eigenvalue weighted by atomic mass is 16.3. The Labute approximate surface area is 190 Å². The highest BCUT2D eigenvalue weighted by molar-refractivity contribution is 5.89. The smallest absolute Gasteiger partial charge is 0.141 e. The third kappa shape index (κ3) is 3.13. The Bertz CT molecular complexity index is 1300. The van der Waals surface area contributed by atoms with Gasteiger partial charge in [0, 0.05) is 11.5 Å². The van der Waals surface area contributed by atoms with E-state index < -0.39 is 5.60 Å². The molecule has 4 aromatic carbocycles. The molecule has 0 aliphatic heterocycles. The maximum absolute atomic E-state index is 12.8. The molecule has 0 saturated carbocycles. The van der Waals surface area contributed by atoms with E-state index in [9.17, 15) is 5.11 Å². The lowest BCUT2D eigenvalue weighted by Crippen LogP contribution is -2.31. The Morgan fingerprint density at radius 1 is 0.656 bits per heavy atom. The summed E-state index contributed by atoms with van der Waals surface area (Å²) >= 11 is 0. The van der Waals surface area contributed by atoms with Gasteiger partial charge in [0.1, 0.15) is 5.60 Å². The summed E-state index contributed by atoms with van der Waals surface area (Å²) in [5.41, 5.74) is 6.60. The molecule has 5 rings (SSSR count). The zero-order valence-electron chi connectivity index (χ0n) is 18.8. The van der Waals surface area contributed by atoms with Crippen molar-refractivity contribution in [2.45, 2.75) is 32.3 Å². The number of hydrogen-bond donors (Lipinski definition) is 1. The van der Waals surface area contributed by atoms with E-state index >= 15 is 0 Å². The van der Waals surface area contributed by atoms with Crippen molar-refractivity contribution in [2.24, 2.45) is 0 Å². The van der Waals surface area contributed by atoms with Crippen LogP contribution >= 0.6 is 0 Å². The molecule has 32 heavy (non-hydrogen) atoms. The predicted octanol–water partition coefficient (Wildman–Crippen LogP) is 7.50. The number of hydrogen-bond acceptors (Lipinski definition) is 1. The summed E-state index contributed by atoms with van der Waals surface area (Å²) in [6.45, 7) is 6.60. The van der Waals surface area contributed by atoms with Crippen molar-refractivity contribution in [1.29, 1.82) is 0 Å². The highest BCUT2D eigenvalue weighted by Crippen LogP contribution is 2.48. The van der Waals surface area contributed by atoms with Crippen molar-refractivity contribution in [3.63, 3.8) is 0 Å². The number of aliphatic hydroxyl groups is 1. The Morgan fingerprint density at radius 2 is 1.22 bits per heavy atom. The fourth-order valence-corrected chi connectivity index (χ4v) is 5.33. The summed E-state index contributed by atoms with van der Waals surface area (Å²) in [6.07, 6.45) is 2.28. The van der Waals surface area contributed by atoms with Gasteiger partial charge in [-0.1, -0.05) is 120 Å². The molecule has 158 valence electrons. The molecular weight excluding hydrogens is 388 g/mol. The van der Waals surface area contributed by atoms with E-state index in [-0.39, 0.29) is 5.92 Å². The number of fused-ring (bicyclic) bond motifs is 1. The molecule has 4 aromatic rings. The van der Waals surface area contributed by atoms with Crippen LogP contribution in [-0.2, 0) is 5.60 Å². The minimum absolute atomic E-state index is 0.161. The molecule has 0 radical (unpaired) electrons. The second-order valence-corrected chi connectivity index (χ2v) is 8.88. The van der Waals surface area contributed by atoms with Gasteiger partial charge < -0.3 is 5.11 Å². The minimum Gasteiger partial charge on any atom is -0.376 e. The first-order valence-corrected chi connectivity index (χ1v) is 11.2. The Balaban J connectivity index is 1.92. The first kappa shape index (κ1) is 20.5. The first-order valence-electron chi connectivity index (χ1n) is 11.2. The molecule has 0 saturated heterocycles.